The summed E-state index contributed by atoms with van der Waals surface area (Å²) in [7, 11) is 1.61. The van der Waals surface area contributed by atoms with E-state index in [-0.39, 0.29) is 5.91 Å². The number of amides is 1. The van der Waals surface area contributed by atoms with Gasteiger partial charge in [0.25, 0.3) is 5.91 Å². The van der Waals surface area contributed by atoms with E-state index in [0.29, 0.717) is 16.9 Å². The summed E-state index contributed by atoms with van der Waals surface area (Å²) in [4.78, 5) is 15.1. The second-order valence-corrected chi connectivity index (χ2v) is 7.38. The summed E-state index contributed by atoms with van der Waals surface area (Å²) >= 11 is 0. The summed E-state index contributed by atoms with van der Waals surface area (Å²) < 4.78 is 5.31. The van der Waals surface area contributed by atoms with Gasteiger partial charge in [-0.25, -0.2) is 0 Å². The van der Waals surface area contributed by atoms with E-state index < -0.39 is 6.23 Å². The Hall–Kier alpha value is -2.79. The lowest BCUT2D eigenvalue weighted by Gasteiger charge is -2.28. The Morgan fingerprint density at radius 3 is 2.74 bits per heavy atom. The van der Waals surface area contributed by atoms with Crippen molar-refractivity contribution in [2.75, 3.05) is 25.1 Å². The number of aliphatic hydroxyl groups excluding tert-OH is 1. The number of nitrogens with one attached hydrogen (secondary N) is 1. The van der Waals surface area contributed by atoms with Crippen LogP contribution in [-0.2, 0) is 17.6 Å². The number of benzene rings is 2. The molecule has 27 heavy (non-hydrogen) atoms. The number of ether oxygens (including phenoxy) is 1. The number of rotatable bonds is 3. The maximum atomic E-state index is 12.6. The quantitative estimate of drug-likeness (QED) is 0.880. The second-order valence-electron chi connectivity index (χ2n) is 7.38. The number of anilines is 1. The zero-order valence-electron chi connectivity index (χ0n) is 15.3. The summed E-state index contributed by atoms with van der Waals surface area (Å²) in [6.07, 6.45) is 2.23. The largest absolute Gasteiger partial charge is 0.497 e. The first-order valence-electron chi connectivity index (χ1n) is 9.44. The average Bonchev–Trinajstić information content (AvgIpc) is 3.23. The van der Waals surface area contributed by atoms with Gasteiger partial charge in [0.15, 0.2) is 6.23 Å². The van der Waals surface area contributed by atoms with Crippen molar-refractivity contribution < 1.29 is 14.6 Å². The molecule has 0 radical (unpaired) electrons. The van der Waals surface area contributed by atoms with Gasteiger partial charge in [0.2, 0.25) is 0 Å². The number of carbonyl (C=O) groups is 1. The third kappa shape index (κ3) is 2.53. The van der Waals surface area contributed by atoms with Crippen molar-refractivity contribution in [3.8, 4) is 5.75 Å². The second kappa shape index (κ2) is 6.13. The molecule has 5 nitrogen and oxygen atoms in total. The highest BCUT2D eigenvalue weighted by molar-refractivity contribution is 6.30. The van der Waals surface area contributed by atoms with E-state index in [1.165, 1.54) is 16.8 Å². The maximum Gasteiger partial charge on any atom is 0.254 e. The van der Waals surface area contributed by atoms with Crippen LogP contribution in [0.15, 0.2) is 36.4 Å². The Morgan fingerprint density at radius 1 is 1.11 bits per heavy atom. The molecule has 0 fully saturated rings. The van der Waals surface area contributed by atoms with E-state index in [2.05, 4.69) is 22.3 Å². The van der Waals surface area contributed by atoms with Gasteiger partial charge < -0.3 is 20.1 Å². The van der Waals surface area contributed by atoms with Crippen LogP contribution in [0.5, 0.6) is 5.75 Å². The minimum Gasteiger partial charge on any atom is -0.497 e. The fourth-order valence-electron chi connectivity index (χ4n) is 4.65. The van der Waals surface area contributed by atoms with Crippen molar-refractivity contribution in [3.05, 3.63) is 58.7 Å². The van der Waals surface area contributed by atoms with Crippen LogP contribution >= 0.6 is 0 Å². The van der Waals surface area contributed by atoms with Crippen LogP contribution in [0.25, 0.3) is 11.1 Å². The number of hydrogen-bond acceptors (Lipinski definition) is 4. The average molecular weight is 362 g/mol. The molecule has 5 rings (SSSR count). The zero-order valence-corrected chi connectivity index (χ0v) is 15.3. The van der Waals surface area contributed by atoms with Gasteiger partial charge in [0.1, 0.15) is 5.75 Å². The lowest BCUT2D eigenvalue weighted by atomic mass is 9.90. The van der Waals surface area contributed by atoms with Crippen molar-refractivity contribution in [3.63, 3.8) is 0 Å². The minimum absolute atomic E-state index is 0.249. The summed E-state index contributed by atoms with van der Waals surface area (Å²) in [5.41, 5.74) is 6.92. The van der Waals surface area contributed by atoms with Gasteiger partial charge in [-0.05, 0) is 65.8 Å². The predicted molar refractivity (Wildman–Crippen MR) is 105 cm³/mol. The van der Waals surface area contributed by atoms with Crippen LogP contribution < -0.4 is 15.0 Å². The van der Waals surface area contributed by atoms with E-state index >= 15 is 0 Å². The number of aliphatic hydroxyl groups is 1. The highest BCUT2D eigenvalue weighted by atomic mass is 16.5. The van der Waals surface area contributed by atoms with Crippen molar-refractivity contribution in [2.45, 2.75) is 25.5 Å². The molecular formula is C22H22N2O3. The maximum absolute atomic E-state index is 12.6. The van der Waals surface area contributed by atoms with E-state index in [9.17, 15) is 9.90 Å². The molecule has 1 amide bonds. The zero-order chi connectivity index (χ0) is 18.5. The Bertz CT molecular complexity index is 980. The topological polar surface area (TPSA) is 61.8 Å². The van der Waals surface area contributed by atoms with E-state index in [4.69, 9.17) is 4.74 Å². The molecule has 0 saturated carbocycles. The number of aryl methyl sites for hydroxylation is 1. The third-order valence-electron chi connectivity index (χ3n) is 5.82. The van der Waals surface area contributed by atoms with Crippen LogP contribution in [0, 0.1) is 0 Å². The molecule has 5 heteroatoms. The Kier molecular flexibility index (Phi) is 3.72. The molecular weight excluding hydrogens is 340 g/mol. The van der Waals surface area contributed by atoms with Crippen molar-refractivity contribution in [1.82, 2.24) is 5.32 Å². The molecule has 0 bridgehead atoms. The van der Waals surface area contributed by atoms with E-state index in [1.807, 2.05) is 24.3 Å². The van der Waals surface area contributed by atoms with Crippen LogP contribution in [0.4, 0.5) is 5.69 Å². The Balaban J connectivity index is 1.70. The molecule has 0 saturated heterocycles. The molecule has 0 aromatic heterocycles. The standard InChI is InChI=1S/C22H22N2O3/c1-27-17-6-2-4-13(12-17)18-19(22(26)23-21(18)25)16-10-14-5-3-8-24-9-7-15(11-16)20(14)24/h2,4,6,10-12,22,26H,3,5,7-9H2,1H3,(H,23,25). The molecule has 0 aliphatic carbocycles. The molecule has 2 N–H and O–H groups in total. The Labute approximate surface area is 158 Å². The lowest BCUT2D eigenvalue weighted by Crippen LogP contribution is -2.28. The van der Waals surface area contributed by atoms with Gasteiger partial charge >= 0.3 is 0 Å². The first-order chi connectivity index (χ1) is 13.2. The molecule has 2 aromatic carbocycles. The predicted octanol–water partition coefficient (Wildman–Crippen LogP) is 2.36. The highest BCUT2D eigenvalue weighted by Gasteiger charge is 2.34. The van der Waals surface area contributed by atoms with Crippen molar-refractivity contribution in [2.24, 2.45) is 0 Å². The number of carbonyl (C=O) groups excluding carboxylic acids is 1. The Morgan fingerprint density at radius 2 is 1.93 bits per heavy atom. The first-order valence-corrected chi connectivity index (χ1v) is 9.44. The molecule has 3 aliphatic rings. The number of nitrogens with zero attached hydrogens (tertiary/aromatic N) is 1. The van der Waals surface area contributed by atoms with Crippen molar-refractivity contribution >= 4 is 22.7 Å². The normalized spacial score (nSPS) is 20.7. The number of hydrogen-bond donors (Lipinski definition) is 2. The highest BCUT2D eigenvalue weighted by Crippen LogP contribution is 2.41. The summed E-state index contributed by atoms with van der Waals surface area (Å²) in [5, 5.41) is 13.3. The smallest absolute Gasteiger partial charge is 0.254 e. The lowest BCUT2D eigenvalue weighted by molar-refractivity contribution is -0.116. The summed E-state index contributed by atoms with van der Waals surface area (Å²) in [6.45, 7) is 2.19. The monoisotopic (exact) mass is 362 g/mol. The van der Waals surface area contributed by atoms with Crippen LogP contribution in [-0.4, -0.2) is 37.4 Å². The van der Waals surface area contributed by atoms with Gasteiger partial charge in [-0.15, -0.1) is 0 Å². The SMILES string of the molecule is COc1cccc(C2=C(c3cc4c5c(c3)CCN5CCC4)C(O)NC2=O)c1. The fourth-order valence-corrected chi connectivity index (χ4v) is 4.65. The van der Waals surface area contributed by atoms with Gasteiger partial charge in [0.05, 0.1) is 12.7 Å². The third-order valence-corrected chi connectivity index (χ3v) is 5.82. The van der Waals surface area contributed by atoms with Crippen LogP contribution in [0.3, 0.4) is 0 Å². The van der Waals surface area contributed by atoms with Gasteiger partial charge in [0, 0.05) is 24.4 Å². The van der Waals surface area contributed by atoms with Crippen molar-refractivity contribution in [1.29, 1.82) is 0 Å². The van der Waals surface area contributed by atoms with Gasteiger partial charge in [-0.1, -0.05) is 12.1 Å². The minimum atomic E-state index is -0.995. The molecule has 1 unspecified atom stereocenters. The fraction of sp³-hybridized carbons (Fsp3) is 0.318. The van der Waals surface area contributed by atoms with Gasteiger partial charge in [-0.2, -0.15) is 0 Å². The molecule has 1 atom stereocenters. The molecule has 138 valence electrons. The molecule has 0 spiro atoms. The molecule has 3 heterocycles. The van der Waals surface area contributed by atoms with Gasteiger partial charge in [-0.3, -0.25) is 4.79 Å². The van der Waals surface area contributed by atoms with E-state index in [0.717, 1.165) is 43.5 Å². The molecule has 3 aliphatic heterocycles. The summed E-state index contributed by atoms with van der Waals surface area (Å²) in [6, 6.07) is 11.8. The first kappa shape index (κ1) is 16.4. The number of methoxy groups -OCH3 is 1. The van der Waals surface area contributed by atoms with Crippen LogP contribution in [0.2, 0.25) is 0 Å². The summed E-state index contributed by atoms with van der Waals surface area (Å²) in [5.74, 6) is 0.440. The molecule has 2 aromatic rings. The van der Waals surface area contributed by atoms with Crippen LogP contribution in [0.1, 0.15) is 28.7 Å². The van der Waals surface area contributed by atoms with E-state index in [1.54, 1.807) is 7.11 Å².